The Balaban J connectivity index is 2.06. The van der Waals surface area contributed by atoms with E-state index in [0.717, 1.165) is 12.8 Å². The van der Waals surface area contributed by atoms with Crippen molar-refractivity contribution in [1.29, 1.82) is 0 Å². The van der Waals surface area contributed by atoms with Gasteiger partial charge >= 0.3 is 11.9 Å². The largest absolute Gasteiger partial charge is 0.466 e. The molecule has 1 aromatic carbocycles. The molecule has 0 heterocycles. The molecule has 29 heavy (non-hydrogen) atoms. The van der Waals surface area contributed by atoms with E-state index in [2.05, 4.69) is 27.7 Å². The van der Waals surface area contributed by atoms with Gasteiger partial charge in [0.05, 0.1) is 6.61 Å². The van der Waals surface area contributed by atoms with Gasteiger partial charge in [-0.25, -0.2) is 0 Å². The van der Waals surface area contributed by atoms with Gasteiger partial charge in [-0.05, 0) is 42.4 Å². The number of unbranched alkanes of at least 4 members (excludes halogenated alkanes) is 7. The zero-order chi connectivity index (χ0) is 21.5. The van der Waals surface area contributed by atoms with Gasteiger partial charge in [-0.1, -0.05) is 78.4 Å². The van der Waals surface area contributed by atoms with E-state index in [-0.39, 0.29) is 17.4 Å². The standard InChI is InChI=1S/C25H40O4/c1-5-6-7-8-9-10-13-20-28-23(26)14-11-12-15-24(27)29-22-18-16-21(17-19-22)25(2,3)4/h16-19H,5-15,20H2,1-4H3. The Kier molecular flexibility index (Phi) is 12.3. The van der Waals surface area contributed by atoms with Crippen LogP contribution in [-0.4, -0.2) is 18.5 Å². The quantitative estimate of drug-likeness (QED) is 0.196. The molecule has 0 atom stereocenters. The van der Waals surface area contributed by atoms with Crippen molar-refractivity contribution in [3.05, 3.63) is 29.8 Å². The topological polar surface area (TPSA) is 52.6 Å². The molecule has 0 unspecified atom stereocenters. The van der Waals surface area contributed by atoms with Crippen LogP contribution in [0, 0.1) is 0 Å². The third kappa shape index (κ3) is 12.4. The highest BCUT2D eigenvalue weighted by Crippen LogP contribution is 2.24. The Morgan fingerprint density at radius 3 is 1.90 bits per heavy atom. The highest BCUT2D eigenvalue weighted by Gasteiger charge is 2.13. The third-order valence-corrected chi connectivity index (χ3v) is 4.97. The van der Waals surface area contributed by atoms with Crippen molar-refractivity contribution in [3.8, 4) is 5.75 Å². The number of esters is 2. The average molecular weight is 405 g/mol. The molecule has 0 aliphatic carbocycles. The zero-order valence-electron chi connectivity index (χ0n) is 18.9. The Morgan fingerprint density at radius 1 is 0.759 bits per heavy atom. The summed E-state index contributed by atoms with van der Waals surface area (Å²) in [6.45, 7) is 9.17. The third-order valence-electron chi connectivity index (χ3n) is 4.97. The maximum atomic E-state index is 11.9. The minimum Gasteiger partial charge on any atom is -0.466 e. The van der Waals surface area contributed by atoms with Gasteiger partial charge in [0.25, 0.3) is 0 Å². The molecule has 1 aromatic rings. The number of carbonyl (C=O) groups excluding carboxylic acids is 2. The molecule has 0 aromatic heterocycles. The van der Waals surface area contributed by atoms with Crippen molar-refractivity contribution < 1.29 is 19.1 Å². The van der Waals surface area contributed by atoms with Gasteiger partial charge in [0.1, 0.15) is 5.75 Å². The molecule has 0 amide bonds. The molecule has 0 N–H and O–H groups in total. The summed E-state index contributed by atoms with van der Waals surface area (Å²) in [6, 6.07) is 7.65. The van der Waals surface area contributed by atoms with Crippen LogP contribution >= 0.6 is 0 Å². The van der Waals surface area contributed by atoms with Crippen molar-refractivity contribution >= 4 is 11.9 Å². The van der Waals surface area contributed by atoms with E-state index in [9.17, 15) is 9.59 Å². The fourth-order valence-corrected chi connectivity index (χ4v) is 3.06. The molecule has 4 nitrogen and oxygen atoms in total. The molecular weight excluding hydrogens is 364 g/mol. The number of hydrogen-bond donors (Lipinski definition) is 0. The summed E-state index contributed by atoms with van der Waals surface area (Å²) in [5.41, 5.74) is 1.28. The van der Waals surface area contributed by atoms with Crippen LogP contribution in [0.2, 0.25) is 0 Å². The maximum Gasteiger partial charge on any atom is 0.311 e. The summed E-state index contributed by atoms with van der Waals surface area (Å²) in [6.07, 6.45) is 10.4. The molecule has 1 rings (SSSR count). The summed E-state index contributed by atoms with van der Waals surface area (Å²) >= 11 is 0. The number of ether oxygens (including phenoxy) is 2. The molecular formula is C25H40O4. The van der Waals surface area contributed by atoms with E-state index in [1.165, 1.54) is 37.7 Å². The van der Waals surface area contributed by atoms with Crippen molar-refractivity contribution in [2.45, 2.75) is 104 Å². The molecule has 0 saturated heterocycles. The highest BCUT2D eigenvalue weighted by atomic mass is 16.5. The van der Waals surface area contributed by atoms with Crippen LogP contribution < -0.4 is 4.74 Å². The Labute approximate surface area is 177 Å². The summed E-state index contributed by atoms with van der Waals surface area (Å²) in [7, 11) is 0. The lowest BCUT2D eigenvalue weighted by molar-refractivity contribution is -0.144. The van der Waals surface area contributed by atoms with E-state index < -0.39 is 0 Å². The van der Waals surface area contributed by atoms with Gasteiger partial charge in [0.2, 0.25) is 0 Å². The van der Waals surface area contributed by atoms with Gasteiger partial charge in [-0.2, -0.15) is 0 Å². The normalized spacial score (nSPS) is 11.3. The number of carbonyl (C=O) groups is 2. The first-order valence-electron chi connectivity index (χ1n) is 11.3. The predicted molar refractivity (Wildman–Crippen MR) is 118 cm³/mol. The van der Waals surface area contributed by atoms with Gasteiger partial charge in [-0.3, -0.25) is 9.59 Å². The van der Waals surface area contributed by atoms with E-state index in [4.69, 9.17) is 9.47 Å². The second-order valence-corrected chi connectivity index (χ2v) is 8.80. The molecule has 0 bridgehead atoms. The fourth-order valence-electron chi connectivity index (χ4n) is 3.06. The van der Waals surface area contributed by atoms with Crippen LogP contribution in [0.15, 0.2) is 24.3 Å². The minimum atomic E-state index is -0.259. The average Bonchev–Trinajstić information content (AvgIpc) is 2.67. The molecule has 0 spiro atoms. The molecule has 0 fully saturated rings. The molecule has 164 valence electrons. The molecule has 0 saturated carbocycles. The molecule has 0 aliphatic heterocycles. The number of rotatable bonds is 14. The Morgan fingerprint density at radius 2 is 1.31 bits per heavy atom. The SMILES string of the molecule is CCCCCCCCCOC(=O)CCCCC(=O)Oc1ccc(C(C)(C)C)cc1. The lowest BCUT2D eigenvalue weighted by atomic mass is 9.87. The smallest absolute Gasteiger partial charge is 0.311 e. The predicted octanol–water partition coefficient (Wildman–Crippen LogP) is 6.74. The summed E-state index contributed by atoms with van der Waals surface area (Å²) < 4.78 is 10.6. The lowest BCUT2D eigenvalue weighted by Crippen LogP contribution is -2.11. The van der Waals surface area contributed by atoms with Crippen molar-refractivity contribution in [3.63, 3.8) is 0 Å². The highest BCUT2D eigenvalue weighted by molar-refractivity contribution is 5.72. The zero-order valence-corrected chi connectivity index (χ0v) is 18.9. The van der Waals surface area contributed by atoms with Crippen molar-refractivity contribution in [2.75, 3.05) is 6.61 Å². The van der Waals surface area contributed by atoms with E-state index in [0.29, 0.717) is 38.0 Å². The van der Waals surface area contributed by atoms with Crippen molar-refractivity contribution in [2.24, 2.45) is 0 Å². The first-order valence-corrected chi connectivity index (χ1v) is 11.3. The van der Waals surface area contributed by atoms with Crippen LogP contribution in [0.1, 0.15) is 104 Å². The summed E-state index contributed by atoms with van der Waals surface area (Å²) in [4.78, 5) is 23.7. The second-order valence-electron chi connectivity index (χ2n) is 8.80. The van der Waals surface area contributed by atoms with Gasteiger partial charge in [-0.15, -0.1) is 0 Å². The van der Waals surface area contributed by atoms with Crippen LogP contribution in [0.25, 0.3) is 0 Å². The number of benzene rings is 1. The summed E-state index contributed by atoms with van der Waals surface area (Å²) in [5.74, 6) is 0.143. The van der Waals surface area contributed by atoms with Gasteiger partial charge < -0.3 is 9.47 Å². The van der Waals surface area contributed by atoms with E-state index >= 15 is 0 Å². The number of hydrogen-bond acceptors (Lipinski definition) is 4. The minimum absolute atomic E-state index is 0.0752. The molecule has 0 radical (unpaired) electrons. The monoisotopic (exact) mass is 404 g/mol. The fraction of sp³-hybridized carbons (Fsp3) is 0.680. The first-order chi connectivity index (χ1) is 13.8. The van der Waals surface area contributed by atoms with Crippen LogP contribution in [0.4, 0.5) is 0 Å². The van der Waals surface area contributed by atoms with Gasteiger partial charge in [0, 0.05) is 12.8 Å². The lowest BCUT2D eigenvalue weighted by Gasteiger charge is -2.18. The van der Waals surface area contributed by atoms with Gasteiger partial charge in [0.15, 0.2) is 0 Å². The van der Waals surface area contributed by atoms with E-state index in [1.54, 1.807) is 0 Å². The second kappa shape index (κ2) is 14.2. The van der Waals surface area contributed by atoms with Crippen LogP contribution in [0.3, 0.4) is 0 Å². The first kappa shape index (κ1) is 25.2. The van der Waals surface area contributed by atoms with Crippen LogP contribution in [-0.2, 0) is 19.7 Å². The maximum absolute atomic E-state index is 11.9. The van der Waals surface area contributed by atoms with E-state index in [1.807, 2.05) is 24.3 Å². The summed E-state index contributed by atoms with van der Waals surface area (Å²) in [5, 5.41) is 0. The van der Waals surface area contributed by atoms with Crippen molar-refractivity contribution in [1.82, 2.24) is 0 Å². The van der Waals surface area contributed by atoms with Crippen LogP contribution in [0.5, 0.6) is 5.75 Å². The Hall–Kier alpha value is -1.84. The Bertz CT molecular complexity index is 584. The molecule has 0 aliphatic rings. The molecule has 4 heteroatoms.